The first-order valence-corrected chi connectivity index (χ1v) is 21.6. The lowest BCUT2D eigenvalue weighted by molar-refractivity contribution is 0.669. The quantitative estimate of drug-likeness (QED) is 0.168. The Kier molecular flexibility index (Phi) is 9.63. The second-order valence-corrected chi connectivity index (χ2v) is 15.9. The predicted octanol–water partition coefficient (Wildman–Crippen LogP) is 15.8. The molecule has 0 amide bonds. The summed E-state index contributed by atoms with van der Waals surface area (Å²) in [4.78, 5) is 15.8. The van der Waals surface area contributed by atoms with Crippen molar-refractivity contribution in [2.24, 2.45) is 0 Å². The summed E-state index contributed by atoms with van der Waals surface area (Å²) in [5.41, 5.74) is 12.3. The topological polar surface area (TPSA) is 56.7 Å². The summed E-state index contributed by atoms with van der Waals surface area (Å²) < 4.78 is 8.78. The van der Waals surface area contributed by atoms with Crippen molar-refractivity contribution in [1.82, 2.24) is 19.5 Å². The first-order valence-electron chi connectivity index (χ1n) is 21.6. The van der Waals surface area contributed by atoms with Gasteiger partial charge in [0.1, 0.15) is 11.2 Å². The van der Waals surface area contributed by atoms with Crippen LogP contribution in [0.2, 0.25) is 0 Å². The smallest absolute Gasteiger partial charge is 0.238 e. The number of fused-ring (bicyclic) bond motifs is 8. The molecule has 9 aromatic carbocycles. The van der Waals surface area contributed by atoms with Gasteiger partial charge in [-0.05, 0) is 62.9 Å². The first kappa shape index (κ1) is 37.8. The van der Waals surface area contributed by atoms with Gasteiger partial charge in [0.05, 0.1) is 11.0 Å². The Labute approximate surface area is 365 Å². The molecule has 0 fully saturated rings. The maximum atomic E-state index is 6.57. The lowest BCUT2D eigenvalue weighted by Gasteiger charge is -2.13. The normalized spacial score (nSPS) is 11.4. The van der Waals surface area contributed by atoms with Crippen LogP contribution in [-0.2, 0) is 0 Å². The van der Waals surface area contributed by atoms with Crippen molar-refractivity contribution in [2.45, 2.75) is 20.3 Å². The van der Waals surface area contributed by atoms with Crippen LogP contribution in [0.5, 0.6) is 0 Å². The van der Waals surface area contributed by atoms with Gasteiger partial charge in [0.2, 0.25) is 5.95 Å². The van der Waals surface area contributed by atoms with Crippen LogP contribution in [0.3, 0.4) is 0 Å². The highest BCUT2D eigenvalue weighted by Gasteiger charge is 2.21. The van der Waals surface area contributed by atoms with E-state index < -0.39 is 0 Å². The van der Waals surface area contributed by atoms with Gasteiger partial charge in [-0.3, -0.25) is 4.57 Å². The minimum Gasteiger partial charge on any atom is -0.456 e. The highest BCUT2D eigenvalue weighted by molar-refractivity contribution is 6.20. The van der Waals surface area contributed by atoms with E-state index in [9.17, 15) is 0 Å². The molecule has 0 aliphatic rings. The minimum absolute atomic E-state index is 0.546. The van der Waals surface area contributed by atoms with Crippen LogP contribution in [0.25, 0.3) is 117 Å². The van der Waals surface area contributed by atoms with Gasteiger partial charge < -0.3 is 4.42 Å². The zero-order valence-electron chi connectivity index (χ0n) is 35.0. The Morgan fingerprint density at radius 1 is 0.397 bits per heavy atom. The molecule has 5 heteroatoms. The maximum absolute atomic E-state index is 6.57. The molecule has 3 heterocycles. The monoisotopic (exact) mass is 810 g/mol. The molecule has 0 radical (unpaired) electrons. The third-order valence-corrected chi connectivity index (χ3v) is 11.7. The second-order valence-electron chi connectivity index (χ2n) is 15.9. The average molecular weight is 811 g/mol. The molecule has 0 atom stereocenters. The van der Waals surface area contributed by atoms with E-state index in [2.05, 4.69) is 213 Å². The molecular weight excluding hydrogens is 769 g/mol. The van der Waals surface area contributed by atoms with Crippen molar-refractivity contribution in [3.8, 4) is 62.1 Å². The Hall–Kier alpha value is -8.15. The van der Waals surface area contributed by atoms with Gasteiger partial charge >= 0.3 is 0 Å². The molecule has 12 rings (SSSR count). The van der Waals surface area contributed by atoms with E-state index in [0.29, 0.717) is 17.6 Å². The van der Waals surface area contributed by atoms with Crippen LogP contribution >= 0.6 is 0 Å². The molecule has 0 N–H and O–H groups in total. The fourth-order valence-corrected chi connectivity index (χ4v) is 8.78. The van der Waals surface area contributed by atoms with Gasteiger partial charge in [-0.2, -0.15) is 9.97 Å². The molecule has 0 aliphatic heterocycles. The standard InChI is InChI=1S/C55H34N4O.C3H8/c1-3-12-35(13-4-1)37-22-26-40(27-23-37)53-56-54(41-28-24-38(25-29-41)36-14-5-2-6-15-36)58-55(57-53)59-48-21-10-9-18-45(48)46-20-11-19-44(52(46)59)42-30-32-47-50(34-42)60-49-33-31-39-16-7-8-17-43(39)51(47)49;1-3-2/h1-34H;3H2,1-2H3. The molecule has 3 aromatic heterocycles. The number of nitrogens with zero attached hydrogens (tertiary/aromatic N) is 4. The summed E-state index contributed by atoms with van der Waals surface area (Å²) in [6, 6.07) is 72.1. The van der Waals surface area contributed by atoms with Gasteiger partial charge in [0, 0.05) is 38.2 Å². The Morgan fingerprint density at radius 3 is 1.57 bits per heavy atom. The van der Waals surface area contributed by atoms with E-state index in [4.69, 9.17) is 19.4 Å². The molecule has 0 unspecified atom stereocenters. The molecular formula is C58H42N4O. The fraction of sp³-hybridized carbons (Fsp3) is 0.0517. The van der Waals surface area contributed by atoms with Crippen molar-refractivity contribution in [3.05, 3.63) is 206 Å². The molecule has 0 saturated carbocycles. The van der Waals surface area contributed by atoms with Crippen LogP contribution in [-0.4, -0.2) is 19.5 Å². The summed E-state index contributed by atoms with van der Waals surface area (Å²) in [6.45, 7) is 4.25. The highest BCUT2D eigenvalue weighted by Crippen LogP contribution is 2.41. The molecule has 300 valence electrons. The largest absolute Gasteiger partial charge is 0.456 e. The third kappa shape index (κ3) is 6.81. The predicted molar refractivity (Wildman–Crippen MR) is 262 cm³/mol. The SMILES string of the molecule is CCC.c1ccc(-c2ccc(-c3nc(-c4ccc(-c5ccccc5)cc4)nc(-n4c5ccccc5c5cccc(-c6ccc7c(c6)oc6ccc8ccccc8c67)c54)n3)cc2)cc1. The summed E-state index contributed by atoms with van der Waals surface area (Å²) in [7, 11) is 0. The average Bonchev–Trinajstić information content (AvgIpc) is 3.91. The number of para-hydroxylation sites is 2. The van der Waals surface area contributed by atoms with E-state index in [1.807, 2.05) is 12.1 Å². The number of rotatable bonds is 6. The lowest BCUT2D eigenvalue weighted by Crippen LogP contribution is -2.07. The number of furan rings is 1. The maximum Gasteiger partial charge on any atom is 0.238 e. The number of benzene rings is 9. The van der Waals surface area contributed by atoms with Crippen LogP contribution in [0, 0.1) is 0 Å². The van der Waals surface area contributed by atoms with Gasteiger partial charge in [0.15, 0.2) is 11.6 Å². The van der Waals surface area contributed by atoms with E-state index in [0.717, 1.165) is 88.3 Å². The van der Waals surface area contributed by atoms with Crippen molar-refractivity contribution < 1.29 is 4.42 Å². The van der Waals surface area contributed by atoms with E-state index in [-0.39, 0.29) is 0 Å². The number of hydrogen-bond donors (Lipinski definition) is 0. The highest BCUT2D eigenvalue weighted by atomic mass is 16.3. The van der Waals surface area contributed by atoms with Crippen LogP contribution in [0.4, 0.5) is 0 Å². The summed E-state index contributed by atoms with van der Waals surface area (Å²) in [5, 5.41) is 6.86. The van der Waals surface area contributed by atoms with Crippen molar-refractivity contribution in [3.63, 3.8) is 0 Å². The molecule has 0 saturated heterocycles. The molecule has 12 aromatic rings. The summed E-state index contributed by atoms with van der Waals surface area (Å²) in [5.74, 6) is 1.74. The molecule has 63 heavy (non-hydrogen) atoms. The van der Waals surface area contributed by atoms with Crippen LogP contribution in [0.15, 0.2) is 211 Å². The van der Waals surface area contributed by atoms with Crippen molar-refractivity contribution >= 4 is 54.5 Å². The Balaban J connectivity index is 0.00000144. The summed E-state index contributed by atoms with van der Waals surface area (Å²) >= 11 is 0. The van der Waals surface area contributed by atoms with Gasteiger partial charge in [0.25, 0.3) is 0 Å². The Morgan fingerprint density at radius 2 is 0.921 bits per heavy atom. The first-order chi connectivity index (χ1) is 31.1. The minimum atomic E-state index is 0.546. The van der Waals surface area contributed by atoms with Crippen LogP contribution in [0.1, 0.15) is 20.3 Å². The molecule has 0 spiro atoms. The van der Waals surface area contributed by atoms with E-state index in [1.165, 1.54) is 17.2 Å². The zero-order chi connectivity index (χ0) is 42.3. The summed E-state index contributed by atoms with van der Waals surface area (Å²) in [6.07, 6.45) is 1.25. The third-order valence-electron chi connectivity index (χ3n) is 11.7. The molecule has 0 aliphatic carbocycles. The van der Waals surface area contributed by atoms with Gasteiger partial charge in [-0.25, -0.2) is 4.98 Å². The zero-order valence-corrected chi connectivity index (χ0v) is 35.0. The van der Waals surface area contributed by atoms with E-state index in [1.54, 1.807) is 0 Å². The van der Waals surface area contributed by atoms with Gasteiger partial charge in [-0.15, -0.1) is 0 Å². The van der Waals surface area contributed by atoms with Crippen LogP contribution < -0.4 is 0 Å². The number of hydrogen-bond acceptors (Lipinski definition) is 4. The van der Waals surface area contributed by atoms with Gasteiger partial charge in [-0.1, -0.05) is 202 Å². The van der Waals surface area contributed by atoms with Crippen molar-refractivity contribution in [2.75, 3.05) is 0 Å². The van der Waals surface area contributed by atoms with Crippen molar-refractivity contribution in [1.29, 1.82) is 0 Å². The molecule has 0 bridgehead atoms. The Bertz CT molecular complexity index is 3490. The second kappa shape index (κ2) is 16.0. The molecule has 5 nitrogen and oxygen atoms in total. The van der Waals surface area contributed by atoms with E-state index >= 15 is 0 Å². The number of aromatic nitrogens is 4. The fourth-order valence-electron chi connectivity index (χ4n) is 8.78. The lowest BCUT2D eigenvalue weighted by atomic mass is 9.99.